The molecule has 0 heterocycles. The molecule has 1 nitrogen and oxygen atoms in total. The van der Waals surface area contributed by atoms with E-state index >= 15 is 0 Å². The second-order valence-electron chi connectivity index (χ2n) is 3.34. The number of hydrogen-bond donors (Lipinski definition) is 0. The summed E-state index contributed by atoms with van der Waals surface area (Å²) in [5.74, 6) is 0.267. The van der Waals surface area contributed by atoms with Crippen molar-refractivity contribution < 1.29 is 4.79 Å². The van der Waals surface area contributed by atoms with E-state index in [1.807, 2.05) is 32.1 Å². The van der Waals surface area contributed by atoms with Gasteiger partial charge >= 0.3 is 0 Å². The molecule has 1 heteroatoms. The number of Topliss-reactive ketones (excluding diaryl/α,β-unsaturated/α-hetero) is 1. The van der Waals surface area contributed by atoms with E-state index < -0.39 is 0 Å². The van der Waals surface area contributed by atoms with Crippen molar-refractivity contribution in [2.45, 2.75) is 20.3 Å². The highest BCUT2D eigenvalue weighted by atomic mass is 16.1. The molecule has 0 amide bonds. The molecule has 0 aliphatic heterocycles. The molecule has 1 aliphatic carbocycles. The molecule has 0 aromatic rings. The summed E-state index contributed by atoms with van der Waals surface area (Å²) >= 11 is 0. The standard InChI is InChI=1S/C11H14O/c1-8(2)11(12)10-7-5-4-6-9(10)3/h4-5,7-8H,3,6H2,1-2H3. The third-order valence-corrected chi connectivity index (χ3v) is 1.93. The van der Waals surface area contributed by atoms with Crippen molar-refractivity contribution in [2.24, 2.45) is 5.92 Å². The normalized spacial score (nSPS) is 16.6. The zero-order valence-electron chi connectivity index (χ0n) is 7.63. The summed E-state index contributed by atoms with van der Waals surface area (Å²) in [5.41, 5.74) is 1.74. The number of carbonyl (C=O) groups excluding carboxylic acids is 1. The molecule has 64 valence electrons. The fraction of sp³-hybridized carbons (Fsp3) is 0.364. The van der Waals surface area contributed by atoms with Crippen LogP contribution in [0.2, 0.25) is 0 Å². The second kappa shape index (κ2) is 3.53. The van der Waals surface area contributed by atoms with E-state index in [2.05, 4.69) is 6.58 Å². The molecule has 0 saturated heterocycles. The zero-order chi connectivity index (χ0) is 9.14. The van der Waals surface area contributed by atoms with Crippen LogP contribution < -0.4 is 0 Å². The summed E-state index contributed by atoms with van der Waals surface area (Å²) < 4.78 is 0. The Morgan fingerprint density at radius 3 is 2.75 bits per heavy atom. The third kappa shape index (κ3) is 1.73. The lowest BCUT2D eigenvalue weighted by Gasteiger charge is -2.12. The van der Waals surface area contributed by atoms with Crippen molar-refractivity contribution in [1.82, 2.24) is 0 Å². The van der Waals surface area contributed by atoms with E-state index in [0.29, 0.717) is 0 Å². The molecule has 0 spiro atoms. The Kier molecular flexibility index (Phi) is 2.64. The average molecular weight is 162 g/mol. The largest absolute Gasteiger partial charge is 0.294 e. The van der Waals surface area contributed by atoms with Crippen LogP contribution in [-0.4, -0.2) is 5.78 Å². The predicted molar refractivity (Wildman–Crippen MR) is 50.8 cm³/mol. The van der Waals surface area contributed by atoms with Gasteiger partial charge in [0.15, 0.2) is 5.78 Å². The first-order valence-electron chi connectivity index (χ1n) is 4.22. The van der Waals surface area contributed by atoms with Crippen molar-refractivity contribution >= 4 is 5.78 Å². The topological polar surface area (TPSA) is 17.1 Å². The summed E-state index contributed by atoms with van der Waals surface area (Å²) in [5, 5.41) is 0. The minimum absolute atomic E-state index is 0.0690. The zero-order valence-corrected chi connectivity index (χ0v) is 7.63. The fourth-order valence-electron chi connectivity index (χ4n) is 1.17. The molecule has 1 rings (SSSR count). The van der Waals surface area contributed by atoms with Crippen LogP contribution in [-0.2, 0) is 4.79 Å². The molecule has 1 aliphatic rings. The number of rotatable bonds is 2. The highest BCUT2D eigenvalue weighted by Gasteiger charge is 2.16. The van der Waals surface area contributed by atoms with Gasteiger partial charge < -0.3 is 0 Å². The molecule has 0 aromatic carbocycles. The quantitative estimate of drug-likeness (QED) is 0.610. The Morgan fingerprint density at radius 2 is 2.25 bits per heavy atom. The lowest BCUT2D eigenvalue weighted by Crippen LogP contribution is -2.12. The molecular weight excluding hydrogens is 148 g/mol. The summed E-state index contributed by atoms with van der Waals surface area (Å²) in [6, 6.07) is 0. The highest BCUT2D eigenvalue weighted by Crippen LogP contribution is 2.20. The number of hydrogen-bond acceptors (Lipinski definition) is 1. The Hall–Kier alpha value is -1.11. The number of allylic oxidation sites excluding steroid dienone is 5. The average Bonchev–Trinajstić information content (AvgIpc) is 2.04. The van der Waals surface area contributed by atoms with Crippen LogP contribution in [0.15, 0.2) is 36.0 Å². The summed E-state index contributed by atoms with van der Waals surface area (Å²) in [4.78, 5) is 11.5. The molecule has 0 radical (unpaired) electrons. The van der Waals surface area contributed by atoms with Gasteiger partial charge in [-0.05, 0) is 12.0 Å². The molecule has 0 saturated carbocycles. The molecule has 0 fully saturated rings. The van der Waals surface area contributed by atoms with E-state index in [0.717, 1.165) is 17.6 Å². The maximum absolute atomic E-state index is 11.5. The van der Waals surface area contributed by atoms with Gasteiger partial charge in [0.05, 0.1) is 0 Å². The minimum atomic E-state index is 0.0690. The minimum Gasteiger partial charge on any atom is -0.294 e. The summed E-state index contributed by atoms with van der Waals surface area (Å²) in [6.07, 6.45) is 6.60. The molecule has 0 aromatic heterocycles. The molecule has 12 heavy (non-hydrogen) atoms. The Labute approximate surface area is 73.5 Å². The third-order valence-electron chi connectivity index (χ3n) is 1.93. The Morgan fingerprint density at radius 1 is 1.58 bits per heavy atom. The first-order chi connectivity index (χ1) is 5.63. The lowest BCUT2D eigenvalue weighted by molar-refractivity contribution is -0.118. The van der Waals surface area contributed by atoms with Crippen molar-refractivity contribution in [2.75, 3.05) is 0 Å². The highest BCUT2D eigenvalue weighted by molar-refractivity contribution is 6.01. The smallest absolute Gasteiger partial charge is 0.165 e. The van der Waals surface area contributed by atoms with Crippen LogP contribution in [0.4, 0.5) is 0 Å². The number of ketones is 1. The van der Waals surface area contributed by atoms with Crippen LogP contribution in [0.25, 0.3) is 0 Å². The van der Waals surface area contributed by atoms with Crippen LogP contribution >= 0.6 is 0 Å². The van der Waals surface area contributed by atoms with Gasteiger partial charge in [0.25, 0.3) is 0 Å². The van der Waals surface area contributed by atoms with Gasteiger partial charge in [-0.1, -0.05) is 38.7 Å². The lowest BCUT2D eigenvalue weighted by atomic mass is 9.91. The molecule has 0 unspecified atom stereocenters. The van der Waals surface area contributed by atoms with Gasteiger partial charge in [0.1, 0.15) is 0 Å². The summed E-state index contributed by atoms with van der Waals surface area (Å²) in [7, 11) is 0. The maximum atomic E-state index is 11.5. The van der Waals surface area contributed by atoms with E-state index in [1.54, 1.807) is 0 Å². The predicted octanol–water partition coefficient (Wildman–Crippen LogP) is 2.65. The first-order valence-corrected chi connectivity index (χ1v) is 4.22. The van der Waals surface area contributed by atoms with Gasteiger partial charge in [0, 0.05) is 11.5 Å². The molecule has 0 N–H and O–H groups in total. The summed E-state index contributed by atoms with van der Waals surface area (Å²) in [6.45, 7) is 7.68. The van der Waals surface area contributed by atoms with Crippen molar-refractivity contribution in [3.05, 3.63) is 36.0 Å². The van der Waals surface area contributed by atoms with Crippen LogP contribution in [0.3, 0.4) is 0 Å². The van der Waals surface area contributed by atoms with Crippen LogP contribution in [0, 0.1) is 5.92 Å². The second-order valence-corrected chi connectivity index (χ2v) is 3.34. The fourth-order valence-corrected chi connectivity index (χ4v) is 1.17. The van der Waals surface area contributed by atoms with Gasteiger partial charge in [-0.25, -0.2) is 0 Å². The SMILES string of the molecule is C=C1CC=CC=C1C(=O)C(C)C. The van der Waals surface area contributed by atoms with Crippen molar-refractivity contribution in [3.63, 3.8) is 0 Å². The molecule has 0 atom stereocenters. The van der Waals surface area contributed by atoms with Crippen LogP contribution in [0.1, 0.15) is 20.3 Å². The van der Waals surface area contributed by atoms with E-state index in [1.165, 1.54) is 0 Å². The van der Waals surface area contributed by atoms with Crippen molar-refractivity contribution in [1.29, 1.82) is 0 Å². The van der Waals surface area contributed by atoms with E-state index in [-0.39, 0.29) is 11.7 Å². The molecular formula is C11H14O. The number of carbonyl (C=O) groups is 1. The van der Waals surface area contributed by atoms with Gasteiger partial charge in [-0.15, -0.1) is 0 Å². The van der Waals surface area contributed by atoms with E-state index in [9.17, 15) is 4.79 Å². The first kappa shape index (κ1) is 8.98. The Bertz CT molecular complexity index is 267. The maximum Gasteiger partial charge on any atom is 0.165 e. The van der Waals surface area contributed by atoms with Gasteiger partial charge in [-0.2, -0.15) is 0 Å². The van der Waals surface area contributed by atoms with Gasteiger partial charge in [0.2, 0.25) is 0 Å². The van der Waals surface area contributed by atoms with Gasteiger partial charge in [-0.3, -0.25) is 4.79 Å². The molecule has 0 bridgehead atoms. The van der Waals surface area contributed by atoms with E-state index in [4.69, 9.17) is 0 Å². The monoisotopic (exact) mass is 162 g/mol. The van der Waals surface area contributed by atoms with Crippen LogP contribution in [0.5, 0.6) is 0 Å². The van der Waals surface area contributed by atoms with Crippen molar-refractivity contribution in [3.8, 4) is 0 Å². The Balaban J connectivity index is 2.86.